The number of alkyl halides is 3. The molecule has 1 amide bonds. The first-order valence-electron chi connectivity index (χ1n) is 13.2. The first kappa shape index (κ1) is 27.9. The minimum absolute atomic E-state index is 0.0675. The number of methoxy groups -OCH3 is 1. The monoisotopic (exact) mass is 600 g/mol. The van der Waals surface area contributed by atoms with Crippen LogP contribution >= 0.6 is 11.3 Å². The van der Waals surface area contributed by atoms with Crippen molar-refractivity contribution in [1.29, 1.82) is 0 Å². The highest BCUT2D eigenvalue weighted by Gasteiger charge is 2.39. The van der Waals surface area contributed by atoms with Crippen LogP contribution in [0.25, 0.3) is 33.7 Å². The number of pyridine rings is 1. The summed E-state index contributed by atoms with van der Waals surface area (Å²) in [5.41, 5.74) is 2.61. The second-order valence-electron chi connectivity index (χ2n) is 9.88. The van der Waals surface area contributed by atoms with Gasteiger partial charge in [-0.25, -0.2) is 19.9 Å². The number of hydrogen-bond acceptors (Lipinski definition) is 9. The summed E-state index contributed by atoms with van der Waals surface area (Å²) in [5.74, 6) is 0.682. The van der Waals surface area contributed by atoms with Crippen LogP contribution in [0.3, 0.4) is 0 Å². The van der Waals surface area contributed by atoms with E-state index in [2.05, 4.69) is 24.9 Å². The first-order chi connectivity index (χ1) is 20.2. The van der Waals surface area contributed by atoms with Gasteiger partial charge in [-0.2, -0.15) is 13.2 Å². The molecule has 0 radical (unpaired) electrons. The van der Waals surface area contributed by atoms with E-state index < -0.39 is 11.2 Å². The van der Waals surface area contributed by atoms with Crippen molar-refractivity contribution in [3.63, 3.8) is 0 Å². The molecule has 0 spiro atoms. The molecule has 1 aliphatic rings. The third-order valence-electron chi connectivity index (χ3n) is 7.00. The van der Waals surface area contributed by atoms with Crippen molar-refractivity contribution in [2.24, 2.45) is 0 Å². The number of thiazole rings is 1. The van der Waals surface area contributed by atoms with E-state index in [-0.39, 0.29) is 30.0 Å². The fraction of sp³-hybridized carbons (Fsp3) is 0.370. The highest BCUT2D eigenvalue weighted by molar-refractivity contribution is 7.16. The van der Waals surface area contributed by atoms with Crippen molar-refractivity contribution in [2.75, 3.05) is 44.9 Å². The van der Waals surface area contributed by atoms with Crippen molar-refractivity contribution < 1.29 is 27.4 Å². The maximum absolute atomic E-state index is 13.8. The quantitative estimate of drug-likeness (QED) is 0.264. The summed E-state index contributed by atoms with van der Waals surface area (Å²) in [6.07, 6.45) is -1.39. The normalized spacial score (nSPS) is 16.1. The molecule has 0 bridgehead atoms. The van der Waals surface area contributed by atoms with Crippen LogP contribution < -0.4 is 9.64 Å². The number of H-pyrrole nitrogens is 1. The minimum atomic E-state index is -4.61. The van der Waals surface area contributed by atoms with Crippen LogP contribution in [0.4, 0.5) is 18.2 Å². The third-order valence-corrected chi connectivity index (χ3v) is 8.16. The van der Waals surface area contributed by atoms with Gasteiger partial charge in [0, 0.05) is 45.0 Å². The van der Waals surface area contributed by atoms with E-state index in [1.54, 1.807) is 53.4 Å². The lowest BCUT2D eigenvalue weighted by Crippen LogP contribution is -2.54. The molecular weight excluding hydrogens is 573 g/mol. The van der Waals surface area contributed by atoms with E-state index in [0.29, 0.717) is 77.1 Å². The van der Waals surface area contributed by atoms with E-state index in [1.807, 2.05) is 17.9 Å². The molecule has 4 aromatic heterocycles. The smallest absolute Gasteiger partial charge is 0.443 e. The van der Waals surface area contributed by atoms with Gasteiger partial charge < -0.3 is 28.8 Å². The number of nitrogens with zero attached hydrogens (tertiary/aromatic N) is 7. The summed E-state index contributed by atoms with van der Waals surface area (Å²) < 4.78 is 53.8. The number of anilines is 1. The lowest BCUT2D eigenvalue weighted by atomic mass is 10.2. The Morgan fingerprint density at radius 3 is 2.79 bits per heavy atom. The molecule has 11 nitrogen and oxygen atoms in total. The molecule has 220 valence electrons. The number of carbonyl (C=O) groups is 1. The molecule has 1 saturated heterocycles. The van der Waals surface area contributed by atoms with E-state index in [4.69, 9.17) is 9.47 Å². The zero-order valence-corrected chi connectivity index (χ0v) is 23.6. The van der Waals surface area contributed by atoms with Crippen molar-refractivity contribution in [2.45, 2.75) is 25.7 Å². The molecule has 1 fully saturated rings. The number of fused-ring (bicyclic) bond motifs is 2. The van der Waals surface area contributed by atoms with Crippen molar-refractivity contribution in [3.8, 4) is 17.3 Å². The number of rotatable bonds is 8. The number of benzene rings is 1. The van der Waals surface area contributed by atoms with E-state index >= 15 is 0 Å². The molecule has 6 rings (SSSR count). The molecule has 5 heterocycles. The molecule has 0 unspecified atom stereocenters. The van der Waals surface area contributed by atoms with Gasteiger partial charge >= 0.3 is 6.18 Å². The maximum Gasteiger partial charge on any atom is 0.443 e. The Hall–Kier alpha value is -4.24. The average molecular weight is 601 g/mol. The topological polar surface area (TPSA) is 114 Å². The van der Waals surface area contributed by atoms with Crippen LogP contribution in [0.15, 0.2) is 42.9 Å². The number of imidazole rings is 2. The molecular formula is C27H27F3N8O3S. The SMILES string of the molecule is COCCOc1ccc2[nH]c(-c3nc(C(F)(F)F)sc3N3CCN(C(=O)Cn4cnc5cccnc54)[C@H](C)C3)nc2c1. The number of ether oxygens (including phenoxy) is 2. The summed E-state index contributed by atoms with van der Waals surface area (Å²) >= 11 is 0.578. The second-order valence-corrected chi connectivity index (χ2v) is 10.9. The Bertz CT molecular complexity index is 1730. The van der Waals surface area contributed by atoms with Gasteiger partial charge in [-0.05, 0) is 31.2 Å². The Labute approximate surface area is 241 Å². The van der Waals surface area contributed by atoms with Crippen molar-refractivity contribution in [1.82, 2.24) is 34.4 Å². The number of halogens is 3. The van der Waals surface area contributed by atoms with E-state index in [9.17, 15) is 18.0 Å². The largest absolute Gasteiger partial charge is 0.491 e. The minimum Gasteiger partial charge on any atom is -0.491 e. The lowest BCUT2D eigenvalue weighted by Gasteiger charge is -2.40. The first-order valence-corrected chi connectivity index (χ1v) is 14.0. The van der Waals surface area contributed by atoms with Crippen LogP contribution in [0.2, 0.25) is 0 Å². The number of piperazine rings is 1. The summed E-state index contributed by atoms with van der Waals surface area (Å²) in [5, 5.41) is -0.608. The maximum atomic E-state index is 13.8. The molecule has 1 aromatic carbocycles. The third kappa shape index (κ3) is 5.48. The Kier molecular flexibility index (Phi) is 7.45. The van der Waals surface area contributed by atoms with Crippen LogP contribution in [0.5, 0.6) is 5.75 Å². The lowest BCUT2D eigenvalue weighted by molar-refractivity contribution is -0.137. The van der Waals surface area contributed by atoms with Crippen LogP contribution in [0.1, 0.15) is 11.9 Å². The van der Waals surface area contributed by atoms with Crippen molar-refractivity contribution >= 4 is 44.4 Å². The molecule has 0 saturated carbocycles. The van der Waals surface area contributed by atoms with Gasteiger partial charge in [0.25, 0.3) is 0 Å². The number of carbonyl (C=O) groups excluding carboxylic acids is 1. The summed E-state index contributed by atoms with van der Waals surface area (Å²) in [6.45, 7) is 3.72. The van der Waals surface area contributed by atoms with Gasteiger partial charge in [-0.15, -0.1) is 0 Å². The number of hydrogen-bond donors (Lipinski definition) is 1. The molecule has 15 heteroatoms. The van der Waals surface area contributed by atoms with Gasteiger partial charge in [0.2, 0.25) is 10.9 Å². The predicted octanol–water partition coefficient (Wildman–Crippen LogP) is 4.21. The van der Waals surface area contributed by atoms with Gasteiger partial charge in [0.05, 0.1) is 24.0 Å². The standard InChI is InChI=1S/C27H27F3N8O3S/c1-16-13-36(8-9-38(16)21(39)14-37-15-32-19-4-3-7-31-24(19)37)25-22(35-26(42-25)27(28,29)30)23-33-18-6-5-17(12-20(18)34-23)41-11-10-40-2/h3-7,12,15-16H,8-11,13-14H2,1-2H3,(H,33,34)/t16-/m1/s1. The Balaban J connectivity index is 1.23. The number of aromatic nitrogens is 6. The predicted molar refractivity (Wildman–Crippen MR) is 150 cm³/mol. The number of amides is 1. The summed E-state index contributed by atoms with van der Waals surface area (Å²) in [4.78, 5) is 37.1. The van der Waals surface area contributed by atoms with Gasteiger partial charge in [-0.1, -0.05) is 11.3 Å². The van der Waals surface area contributed by atoms with Crippen molar-refractivity contribution in [3.05, 3.63) is 47.9 Å². The molecule has 5 aromatic rings. The van der Waals surface area contributed by atoms with Crippen LogP contribution in [0, 0.1) is 0 Å². The molecule has 1 aliphatic heterocycles. The van der Waals surface area contributed by atoms with Crippen LogP contribution in [-0.2, 0) is 22.3 Å². The summed E-state index contributed by atoms with van der Waals surface area (Å²) in [7, 11) is 1.58. The fourth-order valence-corrected chi connectivity index (χ4v) is 5.96. The van der Waals surface area contributed by atoms with Crippen LogP contribution in [-0.4, -0.2) is 86.3 Å². The van der Waals surface area contributed by atoms with E-state index in [0.717, 1.165) is 0 Å². The Morgan fingerprint density at radius 1 is 1.14 bits per heavy atom. The zero-order chi connectivity index (χ0) is 29.4. The number of nitrogens with one attached hydrogen (secondary N) is 1. The molecule has 42 heavy (non-hydrogen) atoms. The number of aromatic amines is 1. The van der Waals surface area contributed by atoms with Gasteiger partial charge in [0.1, 0.15) is 35.1 Å². The zero-order valence-electron chi connectivity index (χ0n) is 22.8. The molecule has 1 atom stereocenters. The van der Waals surface area contributed by atoms with Gasteiger partial charge in [-0.3, -0.25) is 4.79 Å². The van der Waals surface area contributed by atoms with Gasteiger partial charge in [0.15, 0.2) is 11.5 Å². The summed E-state index contributed by atoms with van der Waals surface area (Å²) in [6, 6.07) is 8.57. The molecule has 1 N–H and O–H groups in total. The Morgan fingerprint density at radius 2 is 2.00 bits per heavy atom. The second kappa shape index (κ2) is 11.2. The van der Waals surface area contributed by atoms with E-state index in [1.165, 1.54) is 0 Å². The molecule has 0 aliphatic carbocycles. The highest BCUT2D eigenvalue weighted by Crippen LogP contribution is 2.43. The highest BCUT2D eigenvalue weighted by atomic mass is 32.1. The fourth-order valence-electron chi connectivity index (χ4n) is 4.99. The average Bonchev–Trinajstić information content (AvgIpc) is 3.69.